The second kappa shape index (κ2) is 5.04. The first-order valence-electron chi connectivity index (χ1n) is 5.09. The van der Waals surface area contributed by atoms with Gasteiger partial charge in [0.05, 0.1) is 6.54 Å². The topological polar surface area (TPSA) is 41.1 Å². The van der Waals surface area contributed by atoms with Crippen molar-refractivity contribution >= 4 is 29.1 Å². The second-order valence-electron chi connectivity index (χ2n) is 3.82. The average Bonchev–Trinajstić information content (AvgIpc) is 2.25. The maximum Gasteiger partial charge on any atom is 0.234 e. The van der Waals surface area contributed by atoms with Crippen molar-refractivity contribution in [2.24, 2.45) is 0 Å². The molecular formula is C11H12Cl2N2O. The molecule has 1 heterocycles. The van der Waals surface area contributed by atoms with Crippen molar-refractivity contribution in [2.75, 3.05) is 13.1 Å². The molecule has 1 aliphatic heterocycles. The van der Waals surface area contributed by atoms with E-state index in [1.54, 1.807) is 6.07 Å². The molecule has 1 unspecified atom stereocenters. The number of hydrogen-bond donors (Lipinski definition) is 2. The van der Waals surface area contributed by atoms with Crippen molar-refractivity contribution in [1.29, 1.82) is 0 Å². The largest absolute Gasteiger partial charge is 0.353 e. The molecule has 1 saturated heterocycles. The predicted octanol–water partition coefficient (Wildman–Crippen LogP) is 1.62. The fraction of sp³-hybridized carbons (Fsp3) is 0.364. The van der Waals surface area contributed by atoms with Gasteiger partial charge in [0.15, 0.2) is 0 Å². The summed E-state index contributed by atoms with van der Waals surface area (Å²) in [6, 6.07) is 5.71. The van der Waals surface area contributed by atoms with Gasteiger partial charge in [-0.25, -0.2) is 0 Å². The maximum absolute atomic E-state index is 11.0. The van der Waals surface area contributed by atoms with Crippen LogP contribution in [0.4, 0.5) is 0 Å². The monoisotopic (exact) mass is 258 g/mol. The van der Waals surface area contributed by atoms with Gasteiger partial charge in [0.25, 0.3) is 0 Å². The van der Waals surface area contributed by atoms with Crippen LogP contribution in [0.3, 0.4) is 0 Å². The lowest BCUT2D eigenvalue weighted by atomic mass is 10.0. The molecule has 0 aromatic heterocycles. The van der Waals surface area contributed by atoms with E-state index in [1.807, 2.05) is 12.1 Å². The molecule has 5 heteroatoms. The van der Waals surface area contributed by atoms with Crippen LogP contribution in [0.1, 0.15) is 5.56 Å². The van der Waals surface area contributed by atoms with Gasteiger partial charge in [-0.2, -0.15) is 0 Å². The number of carbonyl (C=O) groups is 1. The van der Waals surface area contributed by atoms with Crippen LogP contribution in [0.15, 0.2) is 18.2 Å². The Morgan fingerprint density at radius 2 is 2.19 bits per heavy atom. The highest BCUT2D eigenvalue weighted by atomic mass is 35.5. The van der Waals surface area contributed by atoms with E-state index in [0.717, 1.165) is 12.0 Å². The number of nitrogens with one attached hydrogen (secondary N) is 2. The van der Waals surface area contributed by atoms with Gasteiger partial charge in [-0.1, -0.05) is 29.3 Å². The predicted molar refractivity (Wildman–Crippen MR) is 65.0 cm³/mol. The Hall–Kier alpha value is -0.770. The standard InChI is InChI=1S/C11H12Cl2N2O/c12-8-2-1-7(10(13)4-8)3-9-5-15-11(16)6-14-9/h1-2,4,9,14H,3,5-6H2,(H,15,16). The van der Waals surface area contributed by atoms with E-state index in [-0.39, 0.29) is 11.9 Å². The Bertz CT molecular complexity index is 399. The van der Waals surface area contributed by atoms with Crippen LogP contribution in [0.25, 0.3) is 0 Å². The number of benzene rings is 1. The van der Waals surface area contributed by atoms with Gasteiger partial charge in [-0.05, 0) is 24.1 Å². The molecular weight excluding hydrogens is 247 g/mol. The van der Waals surface area contributed by atoms with Crippen molar-refractivity contribution in [3.05, 3.63) is 33.8 Å². The molecule has 1 aromatic carbocycles. The molecule has 1 amide bonds. The zero-order valence-corrected chi connectivity index (χ0v) is 10.1. The van der Waals surface area contributed by atoms with E-state index in [0.29, 0.717) is 23.1 Å². The molecule has 0 aliphatic carbocycles. The summed E-state index contributed by atoms with van der Waals surface area (Å²) in [5, 5.41) is 7.28. The minimum absolute atomic E-state index is 0.0402. The molecule has 2 rings (SSSR count). The molecule has 1 atom stereocenters. The lowest BCUT2D eigenvalue weighted by Gasteiger charge is -2.24. The van der Waals surface area contributed by atoms with Gasteiger partial charge in [0.1, 0.15) is 0 Å². The third-order valence-electron chi connectivity index (χ3n) is 2.58. The molecule has 2 N–H and O–H groups in total. The van der Waals surface area contributed by atoms with E-state index in [4.69, 9.17) is 23.2 Å². The molecule has 3 nitrogen and oxygen atoms in total. The fourth-order valence-corrected chi connectivity index (χ4v) is 2.19. The third kappa shape index (κ3) is 2.88. The van der Waals surface area contributed by atoms with E-state index in [9.17, 15) is 4.79 Å². The zero-order chi connectivity index (χ0) is 11.5. The second-order valence-corrected chi connectivity index (χ2v) is 4.67. The highest BCUT2D eigenvalue weighted by Crippen LogP contribution is 2.22. The Labute approximate surface area is 104 Å². The summed E-state index contributed by atoms with van der Waals surface area (Å²) in [7, 11) is 0. The SMILES string of the molecule is O=C1CNC(Cc2ccc(Cl)cc2Cl)CN1. The maximum atomic E-state index is 11.0. The van der Waals surface area contributed by atoms with E-state index in [1.165, 1.54) is 0 Å². The zero-order valence-electron chi connectivity index (χ0n) is 8.59. The first-order valence-corrected chi connectivity index (χ1v) is 5.85. The fourth-order valence-electron chi connectivity index (χ4n) is 1.71. The summed E-state index contributed by atoms with van der Waals surface area (Å²) >= 11 is 11.9. The summed E-state index contributed by atoms with van der Waals surface area (Å²) in [5.74, 6) is 0.0402. The summed E-state index contributed by atoms with van der Waals surface area (Å²) < 4.78 is 0. The number of amides is 1. The smallest absolute Gasteiger partial charge is 0.234 e. The van der Waals surface area contributed by atoms with Gasteiger partial charge in [-0.3, -0.25) is 4.79 Å². The molecule has 0 spiro atoms. The van der Waals surface area contributed by atoms with Crippen LogP contribution in [-0.2, 0) is 11.2 Å². The Morgan fingerprint density at radius 3 is 2.81 bits per heavy atom. The van der Waals surface area contributed by atoms with Crippen molar-refractivity contribution in [3.8, 4) is 0 Å². The number of halogens is 2. The normalized spacial score (nSPS) is 20.6. The van der Waals surface area contributed by atoms with Crippen LogP contribution in [0.2, 0.25) is 10.0 Å². The van der Waals surface area contributed by atoms with Gasteiger partial charge in [0.2, 0.25) is 5.91 Å². The molecule has 1 aliphatic rings. The number of hydrogen-bond acceptors (Lipinski definition) is 2. The lowest BCUT2D eigenvalue weighted by Crippen LogP contribution is -2.52. The van der Waals surface area contributed by atoms with Crippen molar-refractivity contribution in [2.45, 2.75) is 12.5 Å². The highest BCUT2D eigenvalue weighted by molar-refractivity contribution is 6.35. The lowest BCUT2D eigenvalue weighted by molar-refractivity contribution is -0.121. The average molecular weight is 259 g/mol. The van der Waals surface area contributed by atoms with E-state index >= 15 is 0 Å². The molecule has 86 valence electrons. The van der Waals surface area contributed by atoms with E-state index < -0.39 is 0 Å². The quantitative estimate of drug-likeness (QED) is 0.847. The van der Waals surface area contributed by atoms with Crippen LogP contribution >= 0.6 is 23.2 Å². The molecule has 1 fully saturated rings. The molecule has 0 saturated carbocycles. The van der Waals surface area contributed by atoms with Gasteiger partial charge >= 0.3 is 0 Å². The molecule has 1 aromatic rings. The summed E-state index contributed by atoms with van der Waals surface area (Å²) in [4.78, 5) is 11.0. The Kier molecular flexibility index (Phi) is 3.69. The van der Waals surface area contributed by atoms with Crippen LogP contribution < -0.4 is 10.6 Å². The van der Waals surface area contributed by atoms with Crippen LogP contribution in [0.5, 0.6) is 0 Å². The molecule has 16 heavy (non-hydrogen) atoms. The molecule has 0 bridgehead atoms. The van der Waals surface area contributed by atoms with Crippen LogP contribution in [-0.4, -0.2) is 25.0 Å². The van der Waals surface area contributed by atoms with Gasteiger partial charge in [0, 0.05) is 22.6 Å². The van der Waals surface area contributed by atoms with Crippen molar-refractivity contribution in [1.82, 2.24) is 10.6 Å². The molecule has 0 radical (unpaired) electrons. The number of rotatable bonds is 2. The summed E-state index contributed by atoms with van der Waals surface area (Å²) in [6.45, 7) is 1.01. The first kappa shape index (κ1) is 11.7. The summed E-state index contributed by atoms with van der Waals surface area (Å²) in [5.41, 5.74) is 1.04. The third-order valence-corrected chi connectivity index (χ3v) is 3.17. The van der Waals surface area contributed by atoms with E-state index in [2.05, 4.69) is 10.6 Å². The number of piperazine rings is 1. The Balaban J connectivity index is 2.01. The van der Waals surface area contributed by atoms with Crippen molar-refractivity contribution in [3.63, 3.8) is 0 Å². The van der Waals surface area contributed by atoms with Gasteiger partial charge in [-0.15, -0.1) is 0 Å². The Morgan fingerprint density at radius 1 is 1.38 bits per heavy atom. The first-order chi connectivity index (χ1) is 7.65. The van der Waals surface area contributed by atoms with Crippen LogP contribution in [0, 0.1) is 0 Å². The highest BCUT2D eigenvalue weighted by Gasteiger charge is 2.18. The minimum Gasteiger partial charge on any atom is -0.353 e. The minimum atomic E-state index is 0.0402. The van der Waals surface area contributed by atoms with Crippen molar-refractivity contribution < 1.29 is 4.79 Å². The van der Waals surface area contributed by atoms with Gasteiger partial charge < -0.3 is 10.6 Å². The number of carbonyl (C=O) groups excluding carboxylic acids is 1. The summed E-state index contributed by atoms with van der Waals surface area (Å²) in [6.07, 6.45) is 0.788.